The van der Waals surface area contributed by atoms with E-state index in [2.05, 4.69) is 13.2 Å². The van der Waals surface area contributed by atoms with Crippen LogP contribution in [0.5, 0.6) is 0 Å². The van der Waals surface area contributed by atoms with Gasteiger partial charge in [-0.1, -0.05) is 65.2 Å². The van der Waals surface area contributed by atoms with Crippen molar-refractivity contribution >= 4 is 17.8 Å². The molecule has 2 bridgehead atoms. The van der Waals surface area contributed by atoms with Crippen LogP contribution in [0.25, 0.3) is 0 Å². The minimum absolute atomic E-state index is 0.0424. The van der Waals surface area contributed by atoms with E-state index in [0.717, 1.165) is 38.5 Å². The predicted molar refractivity (Wildman–Crippen MR) is 144 cm³/mol. The molecule has 4 fully saturated rings. The van der Waals surface area contributed by atoms with E-state index in [4.69, 9.17) is 9.47 Å². The Bertz CT molecular complexity index is 947. The Hall–Kier alpha value is -2.19. The van der Waals surface area contributed by atoms with Gasteiger partial charge in [0.15, 0.2) is 0 Å². The quantitative estimate of drug-likeness (QED) is 0.325. The molecule has 1 N–H and O–H groups in total. The second kappa shape index (κ2) is 11.1. The van der Waals surface area contributed by atoms with Crippen LogP contribution in [0.4, 0.5) is 0 Å². The normalized spacial score (nSPS) is 36.0. The Morgan fingerprint density at radius 3 is 2.53 bits per heavy atom. The average molecular weight is 531 g/mol. The highest BCUT2D eigenvalue weighted by Crippen LogP contribution is 2.66. The molecule has 38 heavy (non-hydrogen) atoms. The molecule has 0 aromatic carbocycles. The van der Waals surface area contributed by atoms with Crippen LogP contribution in [-0.4, -0.2) is 81.8 Å². The van der Waals surface area contributed by atoms with E-state index < -0.39 is 41.1 Å². The number of fused-ring (bicyclic) bond motifs is 1. The maximum Gasteiger partial charge on any atom is 0.313 e. The van der Waals surface area contributed by atoms with Crippen molar-refractivity contribution in [1.82, 2.24) is 9.80 Å². The molecule has 8 heteroatoms. The van der Waals surface area contributed by atoms with Crippen LogP contribution < -0.4 is 0 Å². The summed E-state index contributed by atoms with van der Waals surface area (Å²) in [5.41, 5.74) is -2.09. The van der Waals surface area contributed by atoms with Crippen LogP contribution in [0.1, 0.15) is 72.6 Å². The number of hydrogen-bond acceptors (Lipinski definition) is 6. The Balaban J connectivity index is 1.84. The largest absolute Gasteiger partial charge is 0.461 e. The van der Waals surface area contributed by atoms with E-state index in [1.165, 1.54) is 6.08 Å². The number of esters is 1. The fourth-order valence-electron chi connectivity index (χ4n) is 7.82. The molecule has 3 aliphatic heterocycles. The van der Waals surface area contributed by atoms with Gasteiger partial charge < -0.3 is 24.4 Å². The van der Waals surface area contributed by atoms with Gasteiger partial charge in [0.25, 0.3) is 0 Å². The van der Waals surface area contributed by atoms with Crippen LogP contribution in [0.2, 0.25) is 0 Å². The van der Waals surface area contributed by atoms with Crippen LogP contribution in [-0.2, 0) is 23.9 Å². The lowest BCUT2D eigenvalue weighted by molar-refractivity contribution is -0.164. The van der Waals surface area contributed by atoms with E-state index in [9.17, 15) is 19.5 Å². The number of likely N-dealkylation sites (tertiary alicyclic amines) is 1. The second-order valence-corrected chi connectivity index (χ2v) is 12.1. The van der Waals surface area contributed by atoms with Crippen LogP contribution >= 0.6 is 0 Å². The highest BCUT2D eigenvalue weighted by Gasteiger charge is 2.81. The van der Waals surface area contributed by atoms with Gasteiger partial charge >= 0.3 is 5.97 Å². The zero-order valence-corrected chi connectivity index (χ0v) is 23.6. The first-order chi connectivity index (χ1) is 18.1. The van der Waals surface area contributed by atoms with Gasteiger partial charge in [0.1, 0.15) is 24.2 Å². The molecule has 1 spiro atoms. The van der Waals surface area contributed by atoms with Crippen molar-refractivity contribution in [2.24, 2.45) is 23.7 Å². The summed E-state index contributed by atoms with van der Waals surface area (Å²) in [5.74, 6) is -2.74. The number of aliphatic hydroxyl groups is 1. The summed E-state index contributed by atoms with van der Waals surface area (Å²) in [6.45, 7) is 15.6. The molecular weight excluding hydrogens is 484 g/mol. The van der Waals surface area contributed by atoms with Crippen LogP contribution in [0.15, 0.2) is 25.3 Å². The summed E-state index contributed by atoms with van der Waals surface area (Å²) in [5, 5.41) is 10.5. The van der Waals surface area contributed by atoms with Crippen LogP contribution in [0.3, 0.4) is 0 Å². The van der Waals surface area contributed by atoms with E-state index in [1.807, 2.05) is 32.6 Å². The minimum Gasteiger partial charge on any atom is -0.461 e. The Labute approximate surface area is 227 Å². The molecule has 0 aromatic rings. The number of hydrogen-bond donors (Lipinski definition) is 1. The van der Waals surface area contributed by atoms with E-state index in [1.54, 1.807) is 11.0 Å². The van der Waals surface area contributed by atoms with Gasteiger partial charge in [-0.05, 0) is 38.0 Å². The number of amides is 2. The third-order valence-electron chi connectivity index (χ3n) is 10.1. The van der Waals surface area contributed by atoms with Gasteiger partial charge in [0, 0.05) is 12.6 Å². The second-order valence-electron chi connectivity index (χ2n) is 12.1. The number of ether oxygens (including phenoxy) is 2. The lowest BCUT2D eigenvalue weighted by Crippen LogP contribution is -2.61. The average Bonchev–Trinajstić information content (AvgIpc) is 3.43. The summed E-state index contributed by atoms with van der Waals surface area (Å²) in [6.07, 6.45) is 9.56. The van der Waals surface area contributed by atoms with Gasteiger partial charge in [0.2, 0.25) is 11.8 Å². The number of aliphatic hydroxyl groups excluding tert-OH is 1. The molecule has 2 amide bonds. The first-order valence-corrected chi connectivity index (χ1v) is 14.4. The molecule has 212 valence electrons. The highest BCUT2D eigenvalue weighted by molar-refractivity contribution is 5.99. The van der Waals surface area contributed by atoms with Crippen LogP contribution in [0, 0.1) is 23.7 Å². The Morgan fingerprint density at radius 2 is 1.95 bits per heavy atom. The summed E-state index contributed by atoms with van der Waals surface area (Å²) < 4.78 is 12.3. The van der Waals surface area contributed by atoms with Gasteiger partial charge in [0.05, 0.1) is 24.2 Å². The van der Waals surface area contributed by atoms with E-state index in [-0.39, 0.29) is 42.9 Å². The molecule has 3 unspecified atom stereocenters. The standard InChI is InChI=1S/C30H46N2O6/c1-7-15-31(21-13-11-10-12-14-21)27(35)25-30-17-20(5)29(6,38-30)24(28(36)37-16-8-2)23(30)26(34)32(25)22(18-33)19(4)9-3/h7-8,19-25,33H,1-2,9-18H2,3-6H3/t19-,20?,22-,23-,24-,25?,29+,30?/m0/s1. The van der Waals surface area contributed by atoms with E-state index >= 15 is 0 Å². The molecule has 4 aliphatic rings. The van der Waals surface area contributed by atoms with Crippen molar-refractivity contribution in [3.05, 3.63) is 25.3 Å². The molecule has 4 rings (SSSR count). The lowest BCUT2D eigenvalue weighted by Gasteiger charge is -2.43. The minimum atomic E-state index is -1.16. The predicted octanol–water partition coefficient (Wildman–Crippen LogP) is 3.48. The monoisotopic (exact) mass is 530 g/mol. The fraction of sp³-hybridized carbons (Fsp3) is 0.767. The van der Waals surface area contributed by atoms with E-state index in [0.29, 0.717) is 13.0 Å². The molecular formula is C30H46N2O6. The van der Waals surface area contributed by atoms with Crippen molar-refractivity contribution < 1.29 is 29.0 Å². The maximum atomic E-state index is 14.7. The number of carbonyl (C=O) groups is 3. The van der Waals surface area contributed by atoms with Gasteiger partial charge in [-0.15, -0.1) is 6.58 Å². The van der Waals surface area contributed by atoms with Crippen molar-refractivity contribution in [3.63, 3.8) is 0 Å². The summed E-state index contributed by atoms with van der Waals surface area (Å²) in [4.78, 5) is 46.0. The van der Waals surface area contributed by atoms with Gasteiger partial charge in [-0.25, -0.2) is 0 Å². The van der Waals surface area contributed by atoms with Gasteiger partial charge in [-0.2, -0.15) is 0 Å². The third-order valence-corrected chi connectivity index (χ3v) is 10.1. The molecule has 0 aromatic heterocycles. The topological polar surface area (TPSA) is 96.4 Å². The molecule has 8 nitrogen and oxygen atoms in total. The van der Waals surface area contributed by atoms with Crippen molar-refractivity contribution in [3.8, 4) is 0 Å². The molecule has 8 atom stereocenters. The summed E-state index contributed by atoms with van der Waals surface area (Å²) in [7, 11) is 0. The zero-order valence-electron chi connectivity index (χ0n) is 23.6. The molecule has 1 aliphatic carbocycles. The van der Waals surface area contributed by atoms with Gasteiger partial charge in [-0.3, -0.25) is 14.4 Å². The number of carbonyl (C=O) groups excluding carboxylic acids is 3. The number of rotatable bonds is 11. The molecule has 0 radical (unpaired) electrons. The first kappa shape index (κ1) is 28.8. The first-order valence-electron chi connectivity index (χ1n) is 14.4. The Morgan fingerprint density at radius 1 is 1.26 bits per heavy atom. The maximum absolute atomic E-state index is 14.7. The Kier molecular flexibility index (Phi) is 8.43. The van der Waals surface area contributed by atoms with Crippen molar-refractivity contribution in [2.75, 3.05) is 19.8 Å². The smallest absolute Gasteiger partial charge is 0.313 e. The number of nitrogens with zero attached hydrogens (tertiary/aromatic N) is 2. The third kappa shape index (κ3) is 4.32. The fourth-order valence-corrected chi connectivity index (χ4v) is 7.82. The summed E-state index contributed by atoms with van der Waals surface area (Å²) >= 11 is 0. The molecule has 3 saturated heterocycles. The SMILES string of the molecule is C=CCOC(=O)[C@@H]1[C@H]2C(=O)N([C@@H](CO)[C@@H](C)CC)C(C(=O)N(CC=C)C3CCCCC3)C23CC(C)[C@@]1(C)O3. The lowest BCUT2D eigenvalue weighted by atomic mass is 9.62. The van der Waals surface area contributed by atoms with Crippen molar-refractivity contribution in [1.29, 1.82) is 0 Å². The highest BCUT2D eigenvalue weighted by atomic mass is 16.6. The zero-order chi connectivity index (χ0) is 27.8. The summed E-state index contributed by atoms with van der Waals surface area (Å²) in [6, 6.07) is -1.42. The molecule has 3 heterocycles. The molecule has 1 saturated carbocycles. The van der Waals surface area contributed by atoms with Crippen molar-refractivity contribution in [2.45, 2.75) is 102 Å².